The third kappa shape index (κ3) is 5.46. The highest BCUT2D eigenvalue weighted by atomic mass is 19.1. The molecule has 2 rings (SSSR count). The summed E-state index contributed by atoms with van der Waals surface area (Å²) in [7, 11) is 1.64. The zero-order chi connectivity index (χ0) is 20.2. The molecule has 0 fully saturated rings. The molecule has 1 atom stereocenters. The van der Waals surface area contributed by atoms with Gasteiger partial charge in [-0.1, -0.05) is 6.07 Å². The molecule has 9 heteroatoms. The van der Waals surface area contributed by atoms with Crippen molar-refractivity contribution in [2.75, 3.05) is 13.2 Å². The maximum Gasteiger partial charge on any atom is 0.411 e. The lowest BCUT2D eigenvalue weighted by atomic mass is 10.0. The van der Waals surface area contributed by atoms with E-state index in [9.17, 15) is 18.7 Å². The molecular weight excluding hydrogens is 358 g/mol. The lowest BCUT2D eigenvalue weighted by Crippen LogP contribution is -2.42. The van der Waals surface area contributed by atoms with Crippen molar-refractivity contribution in [2.45, 2.75) is 38.8 Å². The van der Waals surface area contributed by atoms with Crippen LogP contribution in [0.25, 0.3) is 0 Å². The number of benzene rings is 1. The molecule has 1 unspecified atom stereocenters. The van der Waals surface area contributed by atoms with Crippen LogP contribution in [0.4, 0.5) is 13.6 Å². The fourth-order valence-electron chi connectivity index (χ4n) is 2.65. The van der Waals surface area contributed by atoms with Gasteiger partial charge in [-0.25, -0.2) is 18.6 Å². The second kappa shape index (κ2) is 8.43. The fraction of sp³-hybridized carbons (Fsp3) is 0.500. The van der Waals surface area contributed by atoms with E-state index in [0.29, 0.717) is 5.82 Å². The highest BCUT2D eigenvalue weighted by molar-refractivity contribution is 5.68. The fourth-order valence-corrected chi connectivity index (χ4v) is 2.65. The van der Waals surface area contributed by atoms with Crippen LogP contribution in [0.2, 0.25) is 0 Å². The summed E-state index contributed by atoms with van der Waals surface area (Å²) in [6.45, 7) is 4.80. The molecule has 0 aliphatic rings. The molecule has 1 aromatic heterocycles. The Morgan fingerprint density at radius 2 is 2.07 bits per heavy atom. The molecule has 0 aliphatic heterocycles. The molecule has 0 saturated heterocycles. The number of halogens is 2. The van der Waals surface area contributed by atoms with Gasteiger partial charge in [0.25, 0.3) is 0 Å². The number of ether oxygens (including phenoxy) is 1. The first-order valence-corrected chi connectivity index (χ1v) is 8.50. The van der Waals surface area contributed by atoms with Crippen molar-refractivity contribution in [3.63, 3.8) is 0 Å². The molecule has 7 nitrogen and oxygen atoms in total. The summed E-state index contributed by atoms with van der Waals surface area (Å²) in [5.41, 5.74) is -0.549. The smallest absolute Gasteiger partial charge is 0.411 e. The number of aryl methyl sites for hydroxylation is 1. The number of rotatable bonds is 6. The average Bonchev–Trinajstić information content (AvgIpc) is 2.97. The number of aliphatic hydroxyl groups is 1. The molecule has 0 saturated carbocycles. The third-order valence-electron chi connectivity index (χ3n) is 3.82. The van der Waals surface area contributed by atoms with Crippen molar-refractivity contribution in [3.8, 4) is 0 Å². The lowest BCUT2D eigenvalue weighted by Gasteiger charge is -2.32. The molecule has 1 N–H and O–H groups in total. The molecule has 1 amide bonds. The minimum absolute atomic E-state index is 0.0118. The van der Waals surface area contributed by atoms with Crippen LogP contribution in [-0.4, -0.2) is 49.6 Å². The van der Waals surface area contributed by atoms with Gasteiger partial charge in [-0.15, -0.1) is 0 Å². The van der Waals surface area contributed by atoms with Gasteiger partial charge in [-0.2, -0.15) is 5.10 Å². The number of amides is 1. The second-order valence-electron chi connectivity index (χ2n) is 7.09. The zero-order valence-electron chi connectivity index (χ0n) is 15.8. The van der Waals surface area contributed by atoms with Crippen molar-refractivity contribution in [2.24, 2.45) is 7.05 Å². The zero-order valence-corrected chi connectivity index (χ0v) is 15.8. The number of hydrogen-bond acceptors (Lipinski definition) is 5. The van der Waals surface area contributed by atoms with Gasteiger partial charge in [0.05, 0.1) is 12.6 Å². The van der Waals surface area contributed by atoms with E-state index in [1.54, 1.807) is 27.8 Å². The maximum atomic E-state index is 14.2. The number of nitrogens with zero attached hydrogens (tertiary/aromatic N) is 4. The van der Waals surface area contributed by atoms with Gasteiger partial charge in [-0.05, 0) is 32.4 Å². The SMILES string of the molecule is Cn1ncnc1C(Cc1ccc(F)cc1F)N(CCO)C(=O)OC(C)(C)C. The molecule has 0 radical (unpaired) electrons. The Bertz CT molecular complexity index is 789. The van der Waals surface area contributed by atoms with E-state index in [1.807, 2.05) is 0 Å². The Hall–Kier alpha value is -2.55. The first kappa shape index (κ1) is 20.8. The van der Waals surface area contributed by atoms with E-state index in [4.69, 9.17) is 4.74 Å². The van der Waals surface area contributed by atoms with Crippen LogP contribution in [0, 0.1) is 11.6 Å². The van der Waals surface area contributed by atoms with Crippen molar-refractivity contribution in [1.29, 1.82) is 0 Å². The van der Waals surface area contributed by atoms with Crippen molar-refractivity contribution in [1.82, 2.24) is 19.7 Å². The number of carbonyl (C=O) groups is 1. The van der Waals surface area contributed by atoms with Crippen molar-refractivity contribution < 1.29 is 23.4 Å². The minimum Gasteiger partial charge on any atom is -0.444 e. The summed E-state index contributed by atoms with van der Waals surface area (Å²) in [6, 6.07) is 2.49. The summed E-state index contributed by atoms with van der Waals surface area (Å²) in [4.78, 5) is 18.1. The summed E-state index contributed by atoms with van der Waals surface area (Å²) in [6.07, 6.45) is 0.653. The summed E-state index contributed by atoms with van der Waals surface area (Å²) >= 11 is 0. The first-order chi connectivity index (χ1) is 12.6. The average molecular weight is 382 g/mol. The molecule has 0 bridgehead atoms. The van der Waals surface area contributed by atoms with Crippen LogP contribution < -0.4 is 0 Å². The summed E-state index contributed by atoms with van der Waals surface area (Å²) < 4.78 is 34.3. The van der Waals surface area contributed by atoms with Crippen LogP contribution in [0.1, 0.15) is 38.2 Å². The van der Waals surface area contributed by atoms with Gasteiger partial charge < -0.3 is 9.84 Å². The Morgan fingerprint density at radius 1 is 1.37 bits per heavy atom. The van der Waals surface area contributed by atoms with Gasteiger partial charge >= 0.3 is 6.09 Å². The van der Waals surface area contributed by atoms with Crippen LogP contribution in [0.15, 0.2) is 24.5 Å². The molecule has 0 aliphatic carbocycles. The predicted octanol–water partition coefficient (Wildman–Crippen LogP) is 2.61. The van der Waals surface area contributed by atoms with E-state index in [0.717, 1.165) is 12.1 Å². The molecule has 0 spiro atoms. The van der Waals surface area contributed by atoms with E-state index in [1.165, 1.54) is 22.0 Å². The van der Waals surface area contributed by atoms with Crippen molar-refractivity contribution >= 4 is 6.09 Å². The lowest BCUT2D eigenvalue weighted by molar-refractivity contribution is 0.0106. The summed E-state index contributed by atoms with van der Waals surface area (Å²) in [5, 5.41) is 13.4. The monoisotopic (exact) mass is 382 g/mol. The van der Waals surface area contributed by atoms with Crippen molar-refractivity contribution in [3.05, 3.63) is 47.5 Å². The van der Waals surface area contributed by atoms with Gasteiger partial charge in [0.15, 0.2) is 0 Å². The Labute approximate surface area is 156 Å². The van der Waals surface area contributed by atoms with Gasteiger partial charge in [0, 0.05) is 26.1 Å². The highest BCUT2D eigenvalue weighted by Gasteiger charge is 2.32. The Kier molecular flexibility index (Phi) is 6.48. The number of aromatic nitrogens is 3. The molecule has 27 heavy (non-hydrogen) atoms. The highest BCUT2D eigenvalue weighted by Crippen LogP contribution is 2.26. The molecular formula is C18H24F2N4O3. The Balaban J connectivity index is 2.43. The second-order valence-corrected chi connectivity index (χ2v) is 7.09. The number of aliphatic hydroxyl groups excluding tert-OH is 1. The first-order valence-electron chi connectivity index (χ1n) is 8.50. The summed E-state index contributed by atoms with van der Waals surface area (Å²) in [5.74, 6) is -1.03. The normalized spacial score (nSPS) is 12.7. The Morgan fingerprint density at radius 3 is 2.59 bits per heavy atom. The minimum atomic E-state index is -0.764. The third-order valence-corrected chi connectivity index (χ3v) is 3.82. The van der Waals surface area contributed by atoms with Gasteiger partial charge in [-0.3, -0.25) is 9.58 Å². The van der Waals surface area contributed by atoms with E-state index < -0.39 is 29.4 Å². The van der Waals surface area contributed by atoms with E-state index in [-0.39, 0.29) is 25.1 Å². The largest absolute Gasteiger partial charge is 0.444 e. The van der Waals surface area contributed by atoms with E-state index in [2.05, 4.69) is 10.1 Å². The number of hydrogen-bond donors (Lipinski definition) is 1. The van der Waals surface area contributed by atoms with Crippen LogP contribution >= 0.6 is 0 Å². The molecule has 1 heterocycles. The van der Waals surface area contributed by atoms with Gasteiger partial charge in [0.1, 0.15) is 29.4 Å². The maximum absolute atomic E-state index is 14.2. The topological polar surface area (TPSA) is 80.5 Å². The van der Waals surface area contributed by atoms with Gasteiger partial charge in [0.2, 0.25) is 0 Å². The molecule has 148 valence electrons. The standard InChI is InChI=1S/C18H24F2N4O3/c1-18(2,3)27-17(26)24(7-8-25)15(16-21-11-22-23(16)4)9-12-5-6-13(19)10-14(12)20/h5-6,10-11,15,25H,7-9H2,1-4H3. The van der Waals surface area contributed by atoms with Crippen LogP contribution in [0.5, 0.6) is 0 Å². The van der Waals surface area contributed by atoms with Crippen LogP contribution in [0.3, 0.4) is 0 Å². The van der Waals surface area contributed by atoms with Crippen LogP contribution in [-0.2, 0) is 18.2 Å². The predicted molar refractivity (Wildman–Crippen MR) is 93.8 cm³/mol. The van der Waals surface area contributed by atoms with E-state index >= 15 is 0 Å². The molecule has 2 aromatic rings. The number of carbonyl (C=O) groups excluding carboxylic acids is 1. The quantitative estimate of drug-likeness (QED) is 0.831. The molecule has 1 aromatic carbocycles.